The van der Waals surface area contributed by atoms with E-state index in [1.807, 2.05) is 0 Å². The van der Waals surface area contributed by atoms with Crippen molar-refractivity contribution in [2.45, 2.75) is 6.36 Å². The van der Waals surface area contributed by atoms with Gasteiger partial charge in [0.05, 0.1) is 6.21 Å². The number of halogens is 4. The summed E-state index contributed by atoms with van der Waals surface area (Å²) in [6.45, 7) is 0. The molecule has 0 aliphatic carbocycles. The van der Waals surface area contributed by atoms with Gasteiger partial charge in [-0.2, -0.15) is 5.10 Å². The number of hydrogen-bond donors (Lipinski definition) is 2. The van der Waals surface area contributed by atoms with Gasteiger partial charge in [-0.25, -0.2) is 4.39 Å². The van der Waals surface area contributed by atoms with Crippen LogP contribution in [0.4, 0.5) is 17.6 Å². The zero-order valence-electron chi connectivity index (χ0n) is 8.78. The molecular formula is C9H8F4N4O. The highest BCUT2D eigenvalue weighted by atomic mass is 19.4. The lowest BCUT2D eigenvalue weighted by molar-refractivity contribution is -0.275. The Morgan fingerprint density at radius 1 is 1.28 bits per heavy atom. The van der Waals surface area contributed by atoms with Crippen molar-refractivity contribution in [3.05, 3.63) is 29.6 Å². The number of rotatable bonds is 3. The predicted octanol–water partition coefficient (Wildman–Crippen LogP) is 1.33. The summed E-state index contributed by atoms with van der Waals surface area (Å²) in [5, 5.41) is 6.45. The molecule has 0 radical (unpaired) electrons. The molecule has 0 heterocycles. The number of ether oxygens (including phenoxy) is 1. The highest BCUT2D eigenvalue weighted by Crippen LogP contribution is 2.26. The van der Waals surface area contributed by atoms with Crippen LogP contribution in [-0.4, -0.2) is 18.5 Å². The fourth-order valence-corrected chi connectivity index (χ4v) is 0.989. The first-order valence-corrected chi connectivity index (χ1v) is 4.46. The highest BCUT2D eigenvalue weighted by molar-refractivity contribution is 5.82. The maximum atomic E-state index is 13.5. The highest BCUT2D eigenvalue weighted by Gasteiger charge is 2.32. The summed E-state index contributed by atoms with van der Waals surface area (Å²) in [4.78, 5) is 0. The number of alkyl halides is 3. The van der Waals surface area contributed by atoms with E-state index in [-0.39, 0.29) is 11.5 Å². The van der Waals surface area contributed by atoms with Crippen LogP contribution in [0, 0.1) is 5.82 Å². The van der Waals surface area contributed by atoms with Gasteiger partial charge >= 0.3 is 6.36 Å². The first-order valence-electron chi connectivity index (χ1n) is 4.46. The standard InChI is InChI=1S/C9H8F4N4O/c10-7-5(4-16-17-8(14)15)2-1-3-6(7)18-9(11,12)13/h1-4H,(H4,14,15,17). The van der Waals surface area contributed by atoms with Gasteiger partial charge in [-0.3, -0.25) is 0 Å². The lowest BCUT2D eigenvalue weighted by atomic mass is 10.2. The van der Waals surface area contributed by atoms with Gasteiger partial charge in [0.2, 0.25) is 5.96 Å². The van der Waals surface area contributed by atoms with E-state index in [1.54, 1.807) is 0 Å². The van der Waals surface area contributed by atoms with Gasteiger partial charge in [-0.05, 0) is 6.07 Å². The third-order valence-electron chi connectivity index (χ3n) is 1.59. The van der Waals surface area contributed by atoms with E-state index in [9.17, 15) is 17.6 Å². The zero-order chi connectivity index (χ0) is 13.8. The molecular weight excluding hydrogens is 256 g/mol. The van der Waals surface area contributed by atoms with E-state index in [2.05, 4.69) is 14.9 Å². The second kappa shape index (κ2) is 5.34. The van der Waals surface area contributed by atoms with Crippen molar-refractivity contribution in [3.8, 4) is 5.75 Å². The van der Waals surface area contributed by atoms with E-state index in [4.69, 9.17) is 11.5 Å². The van der Waals surface area contributed by atoms with Gasteiger partial charge in [0, 0.05) is 5.56 Å². The molecule has 18 heavy (non-hydrogen) atoms. The van der Waals surface area contributed by atoms with Crippen molar-refractivity contribution < 1.29 is 22.3 Å². The number of guanidine groups is 1. The number of hydrogen-bond acceptors (Lipinski definition) is 3. The maximum Gasteiger partial charge on any atom is 0.573 e. The second-order valence-corrected chi connectivity index (χ2v) is 2.98. The Labute approximate surface area is 98.7 Å². The summed E-state index contributed by atoms with van der Waals surface area (Å²) in [5.74, 6) is -2.55. The largest absolute Gasteiger partial charge is 0.573 e. The van der Waals surface area contributed by atoms with Gasteiger partial charge < -0.3 is 16.2 Å². The van der Waals surface area contributed by atoms with Crippen molar-refractivity contribution in [1.29, 1.82) is 0 Å². The van der Waals surface area contributed by atoms with Crippen LogP contribution in [0.5, 0.6) is 5.75 Å². The molecule has 0 fully saturated rings. The fourth-order valence-electron chi connectivity index (χ4n) is 0.989. The van der Waals surface area contributed by atoms with Gasteiger partial charge in [-0.1, -0.05) is 12.1 Å². The van der Waals surface area contributed by atoms with Crippen LogP contribution in [0.2, 0.25) is 0 Å². The van der Waals surface area contributed by atoms with Gasteiger partial charge in [0.15, 0.2) is 11.6 Å². The van der Waals surface area contributed by atoms with Crippen molar-refractivity contribution in [3.63, 3.8) is 0 Å². The molecule has 0 amide bonds. The SMILES string of the molecule is NC(N)=NN=Cc1cccc(OC(F)(F)F)c1F. The Bertz CT molecular complexity index is 480. The monoisotopic (exact) mass is 264 g/mol. The molecule has 0 saturated heterocycles. The first kappa shape index (κ1) is 13.7. The molecule has 1 aromatic rings. The van der Waals surface area contributed by atoms with Crippen molar-refractivity contribution in [1.82, 2.24) is 0 Å². The summed E-state index contributed by atoms with van der Waals surface area (Å²) < 4.78 is 52.8. The summed E-state index contributed by atoms with van der Waals surface area (Å²) in [5.41, 5.74) is 9.66. The van der Waals surface area contributed by atoms with Gasteiger partial charge in [0.25, 0.3) is 0 Å². The van der Waals surface area contributed by atoms with E-state index >= 15 is 0 Å². The molecule has 0 spiro atoms. The van der Waals surface area contributed by atoms with E-state index in [1.165, 1.54) is 12.1 Å². The molecule has 4 N–H and O–H groups in total. The molecule has 0 bridgehead atoms. The molecule has 0 aliphatic heterocycles. The topological polar surface area (TPSA) is 86.0 Å². The van der Waals surface area contributed by atoms with Crippen LogP contribution in [0.1, 0.15) is 5.56 Å². The van der Waals surface area contributed by atoms with Gasteiger partial charge in [-0.15, -0.1) is 18.3 Å². The molecule has 9 heteroatoms. The minimum absolute atomic E-state index is 0.248. The van der Waals surface area contributed by atoms with E-state index in [0.29, 0.717) is 0 Å². The van der Waals surface area contributed by atoms with Crippen molar-refractivity contribution >= 4 is 12.2 Å². The Kier molecular flexibility index (Phi) is 4.08. The lowest BCUT2D eigenvalue weighted by Crippen LogP contribution is -2.21. The van der Waals surface area contributed by atoms with E-state index in [0.717, 1.165) is 12.3 Å². The molecule has 0 unspecified atom stereocenters. The maximum absolute atomic E-state index is 13.5. The second-order valence-electron chi connectivity index (χ2n) is 2.98. The smallest absolute Gasteiger partial charge is 0.403 e. The molecule has 0 saturated carbocycles. The molecule has 0 aliphatic rings. The predicted molar refractivity (Wildman–Crippen MR) is 56.5 cm³/mol. The van der Waals surface area contributed by atoms with Crippen molar-refractivity contribution in [2.24, 2.45) is 21.7 Å². The summed E-state index contributed by atoms with van der Waals surface area (Å²) >= 11 is 0. The van der Waals surface area contributed by atoms with Crippen LogP contribution in [0.3, 0.4) is 0 Å². The Morgan fingerprint density at radius 2 is 1.94 bits per heavy atom. The Hall–Kier alpha value is -2.32. The summed E-state index contributed by atoms with van der Waals surface area (Å²) in [6.07, 6.45) is -4.12. The molecule has 5 nitrogen and oxygen atoms in total. The van der Waals surface area contributed by atoms with E-state index < -0.39 is 17.9 Å². The molecule has 0 atom stereocenters. The number of benzene rings is 1. The summed E-state index contributed by atoms with van der Waals surface area (Å²) in [6, 6.07) is 3.19. The fraction of sp³-hybridized carbons (Fsp3) is 0.111. The van der Waals surface area contributed by atoms with Crippen LogP contribution in [0.25, 0.3) is 0 Å². The van der Waals surface area contributed by atoms with Crippen molar-refractivity contribution in [2.75, 3.05) is 0 Å². The zero-order valence-corrected chi connectivity index (χ0v) is 8.78. The summed E-state index contributed by atoms with van der Waals surface area (Å²) in [7, 11) is 0. The van der Waals surface area contributed by atoms with Crippen LogP contribution in [-0.2, 0) is 0 Å². The molecule has 1 rings (SSSR count). The van der Waals surface area contributed by atoms with Crippen LogP contribution in [0.15, 0.2) is 28.4 Å². The molecule has 1 aromatic carbocycles. The first-order chi connectivity index (χ1) is 8.29. The number of nitrogens with two attached hydrogens (primary N) is 2. The normalized spacial score (nSPS) is 11.6. The Morgan fingerprint density at radius 3 is 2.50 bits per heavy atom. The van der Waals surface area contributed by atoms with Gasteiger partial charge in [0.1, 0.15) is 0 Å². The minimum Gasteiger partial charge on any atom is -0.403 e. The average molecular weight is 264 g/mol. The average Bonchev–Trinajstić information content (AvgIpc) is 2.21. The molecule has 98 valence electrons. The number of nitrogens with zero attached hydrogens (tertiary/aromatic N) is 2. The third-order valence-corrected chi connectivity index (χ3v) is 1.59. The van der Waals surface area contributed by atoms with Crippen LogP contribution >= 0.6 is 0 Å². The minimum atomic E-state index is -4.98. The quantitative estimate of drug-likeness (QED) is 0.374. The Balaban J connectivity index is 2.99. The molecule has 0 aromatic heterocycles. The third kappa shape index (κ3) is 4.28. The lowest BCUT2D eigenvalue weighted by Gasteiger charge is -2.10. The van der Waals surface area contributed by atoms with Crippen LogP contribution < -0.4 is 16.2 Å².